The number of benzene rings is 1. The number of hydrogen-bond acceptors (Lipinski definition) is 4. The van der Waals surface area contributed by atoms with Gasteiger partial charge in [0.15, 0.2) is 0 Å². The molecule has 1 N–H and O–H groups in total. The highest BCUT2D eigenvalue weighted by molar-refractivity contribution is 9.11. The summed E-state index contributed by atoms with van der Waals surface area (Å²) in [5.41, 5.74) is 1.25. The third-order valence-corrected chi connectivity index (χ3v) is 7.07. The van der Waals surface area contributed by atoms with Crippen LogP contribution < -0.4 is 4.72 Å². The molecule has 3 nitrogen and oxygen atoms in total. The van der Waals surface area contributed by atoms with E-state index in [0.717, 1.165) is 15.3 Å². The van der Waals surface area contributed by atoms with Gasteiger partial charge in [0, 0.05) is 18.1 Å². The predicted molar refractivity (Wildman–Crippen MR) is 89.8 cm³/mol. The number of rotatable bonds is 7. The van der Waals surface area contributed by atoms with E-state index in [-0.39, 0.29) is 0 Å². The molecule has 0 unspecified atom stereocenters. The minimum atomic E-state index is -3.36. The largest absolute Gasteiger partial charge is 0.250 e. The molecule has 0 radical (unpaired) electrons. The van der Waals surface area contributed by atoms with E-state index < -0.39 is 10.0 Å². The minimum Gasteiger partial charge on any atom is -0.210 e. The monoisotopic (exact) mass is 391 g/mol. The number of sulfonamides is 1. The summed E-state index contributed by atoms with van der Waals surface area (Å²) in [5.74, 6) is 1.65. The van der Waals surface area contributed by atoms with Crippen molar-refractivity contribution in [3.8, 4) is 0 Å². The lowest BCUT2D eigenvalue weighted by Crippen LogP contribution is -2.25. The van der Waals surface area contributed by atoms with Gasteiger partial charge in [0.05, 0.1) is 3.79 Å². The molecule has 20 heavy (non-hydrogen) atoms. The van der Waals surface area contributed by atoms with Crippen LogP contribution in [0.1, 0.15) is 5.56 Å². The van der Waals surface area contributed by atoms with Gasteiger partial charge in [0.1, 0.15) is 4.21 Å². The standard InChI is InChI=1S/C13H14BrNO2S3/c14-12-6-7-13(19-12)20(16,17)15-8-9-18-10-11-4-2-1-3-5-11/h1-7,15H,8-10H2. The quantitative estimate of drug-likeness (QED) is 0.731. The Hall–Kier alpha value is -0.340. The zero-order valence-electron chi connectivity index (χ0n) is 10.6. The molecule has 0 aliphatic carbocycles. The summed E-state index contributed by atoms with van der Waals surface area (Å²) >= 11 is 6.20. The molecule has 2 rings (SSSR count). The third-order valence-electron chi connectivity index (χ3n) is 2.46. The van der Waals surface area contributed by atoms with Gasteiger partial charge < -0.3 is 0 Å². The van der Waals surface area contributed by atoms with E-state index in [4.69, 9.17) is 0 Å². The van der Waals surface area contributed by atoms with Crippen LogP contribution in [-0.2, 0) is 15.8 Å². The summed E-state index contributed by atoms with van der Waals surface area (Å²) in [7, 11) is -3.36. The van der Waals surface area contributed by atoms with E-state index in [2.05, 4.69) is 32.8 Å². The van der Waals surface area contributed by atoms with Crippen LogP contribution in [0.2, 0.25) is 0 Å². The Kier molecular flexibility index (Phi) is 6.10. The molecule has 0 aliphatic heterocycles. The molecule has 0 bridgehead atoms. The third kappa shape index (κ3) is 4.89. The number of thioether (sulfide) groups is 1. The number of nitrogens with one attached hydrogen (secondary N) is 1. The fraction of sp³-hybridized carbons (Fsp3) is 0.231. The first-order chi connectivity index (χ1) is 9.58. The lowest BCUT2D eigenvalue weighted by Gasteiger charge is -2.05. The molecule has 0 aliphatic rings. The maximum Gasteiger partial charge on any atom is 0.250 e. The van der Waals surface area contributed by atoms with Gasteiger partial charge >= 0.3 is 0 Å². The number of thiophene rings is 1. The normalized spacial score (nSPS) is 11.7. The van der Waals surface area contributed by atoms with Gasteiger partial charge in [-0.15, -0.1) is 11.3 Å². The average Bonchev–Trinajstić information content (AvgIpc) is 2.87. The van der Waals surface area contributed by atoms with E-state index in [0.29, 0.717) is 10.8 Å². The number of halogens is 1. The molecule has 1 heterocycles. The highest BCUT2D eigenvalue weighted by Crippen LogP contribution is 2.25. The van der Waals surface area contributed by atoms with E-state index >= 15 is 0 Å². The smallest absolute Gasteiger partial charge is 0.210 e. The van der Waals surface area contributed by atoms with Crippen molar-refractivity contribution in [2.75, 3.05) is 12.3 Å². The Morgan fingerprint density at radius 3 is 2.55 bits per heavy atom. The molecular formula is C13H14BrNO2S3. The molecule has 7 heteroatoms. The fourth-order valence-corrected chi connectivity index (χ4v) is 5.56. The van der Waals surface area contributed by atoms with Crippen molar-refractivity contribution >= 4 is 49.1 Å². The van der Waals surface area contributed by atoms with Crippen LogP contribution in [0.5, 0.6) is 0 Å². The maximum atomic E-state index is 11.9. The SMILES string of the molecule is O=S(=O)(NCCSCc1ccccc1)c1ccc(Br)s1. The molecule has 1 aromatic heterocycles. The van der Waals surface area contributed by atoms with Crippen LogP contribution >= 0.6 is 39.0 Å². The van der Waals surface area contributed by atoms with Gasteiger partial charge in [0.25, 0.3) is 0 Å². The molecule has 108 valence electrons. The molecule has 1 aromatic carbocycles. The topological polar surface area (TPSA) is 46.2 Å². The Balaban J connectivity index is 1.73. The molecule has 2 aromatic rings. The molecule has 0 fully saturated rings. The van der Waals surface area contributed by atoms with Crippen LogP contribution in [0.15, 0.2) is 50.5 Å². The van der Waals surface area contributed by atoms with Gasteiger partial charge in [-0.3, -0.25) is 0 Å². The van der Waals surface area contributed by atoms with E-state index in [1.54, 1.807) is 23.9 Å². The van der Waals surface area contributed by atoms with Gasteiger partial charge in [-0.05, 0) is 33.6 Å². The van der Waals surface area contributed by atoms with Gasteiger partial charge in [-0.2, -0.15) is 11.8 Å². The first-order valence-electron chi connectivity index (χ1n) is 5.94. The highest BCUT2D eigenvalue weighted by Gasteiger charge is 2.15. The number of hydrogen-bond donors (Lipinski definition) is 1. The van der Waals surface area contributed by atoms with Crippen LogP contribution in [-0.4, -0.2) is 20.7 Å². The summed E-state index contributed by atoms with van der Waals surface area (Å²) in [6, 6.07) is 13.5. The summed E-state index contributed by atoms with van der Waals surface area (Å²) in [6.07, 6.45) is 0. The Labute approximate surface area is 136 Å². The fourth-order valence-electron chi connectivity index (χ4n) is 1.53. The van der Waals surface area contributed by atoms with Gasteiger partial charge in [0.2, 0.25) is 10.0 Å². The van der Waals surface area contributed by atoms with Crippen LogP contribution in [0.4, 0.5) is 0 Å². The summed E-state index contributed by atoms with van der Waals surface area (Å²) in [4.78, 5) is 0. The first kappa shape index (κ1) is 16.0. The maximum absolute atomic E-state index is 11.9. The Morgan fingerprint density at radius 2 is 1.90 bits per heavy atom. The van der Waals surface area contributed by atoms with E-state index in [1.165, 1.54) is 16.9 Å². The van der Waals surface area contributed by atoms with Crippen molar-refractivity contribution in [3.63, 3.8) is 0 Å². The lowest BCUT2D eigenvalue weighted by molar-refractivity contribution is 0.586. The predicted octanol–water partition coefficient (Wildman–Crippen LogP) is 3.72. The van der Waals surface area contributed by atoms with Crippen LogP contribution in [0.25, 0.3) is 0 Å². The lowest BCUT2D eigenvalue weighted by atomic mass is 10.2. The van der Waals surface area contributed by atoms with Crippen molar-refractivity contribution < 1.29 is 8.42 Å². The van der Waals surface area contributed by atoms with Crippen molar-refractivity contribution in [1.82, 2.24) is 4.72 Å². The molecule has 0 amide bonds. The van der Waals surface area contributed by atoms with Gasteiger partial charge in [-0.25, -0.2) is 13.1 Å². The van der Waals surface area contributed by atoms with Crippen LogP contribution in [0, 0.1) is 0 Å². The molecule has 0 saturated carbocycles. The summed E-state index contributed by atoms with van der Waals surface area (Å²) < 4.78 is 27.7. The summed E-state index contributed by atoms with van der Waals surface area (Å²) in [5, 5.41) is 0. The van der Waals surface area contributed by atoms with Crippen molar-refractivity contribution in [3.05, 3.63) is 51.8 Å². The van der Waals surface area contributed by atoms with Crippen molar-refractivity contribution in [1.29, 1.82) is 0 Å². The zero-order valence-corrected chi connectivity index (χ0v) is 14.6. The second kappa shape index (κ2) is 7.61. The van der Waals surface area contributed by atoms with Crippen molar-refractivity contribution in [2.45, 2.75) is 9.96 Å². The zero-order chi connectivity index (χ0) is 14.4. The summed E-state index contributed by atoms with van der Waals surface area (Å²) in [6.45, 7) is 0.440. The van der Waals surface area contributed by atoms with Crippen LogP contribution in [0.3, 0.4) is 0 Å². The van der Waals surface area contributed by atoms with Crippen molar-refractivity contribution in [2.24, 2.45) is 0 Å². The van der Waals surface area contributed by atoms with E-state index in [1.807, 2.05) is 18.2 Å². The second-order valence-corrected chi connectivity index (χ2v) is 9.56. The Morgan fingerprint density at radius 1 is 1.15 bits per heavy atom. The highest BCUT2D eigenvalue weighted by atomic mass is 79.9. The molecule has 0 atom stereocenters. The molecule has 0 saturated heterocycles. The first-order valence-corrected chi connectivity index (χ1v) is 10.2. The average molecular weight is 392 g/mol. The van der Waals surface area contributed by atoms with Gasteiger partial charge in [-0.1, -0.05) is 30.3 Å². The van der Waals surface area contributed by atoms with E-state index in [9.17, 15) is 8.42 Å². The minimum absolute atomic E-state index is 0.345. The molecule has 0 spiro atoms. The second-order valence-electron chi connectivity index (χ2n) is 3.99. The molecular weight excluding hydrogens is 378 g/mol. The Bertz CT molecular complexity index is 641.